The van der Waals surface area contributed by atoms with Crippen molar-refractivity contribution in [1.82, 2.24) is 29.6 Å². The minimum absolute atomic E-state index is 0.266. The van der Waals surface area contributed by atoms with Gasteiger partial charge in [-0.15, -0.1) is 5.10 Å². The molecule has 11 heteroatoms. The maximum atomic E-state index is 6.17. The normalized spacial score (nSPS) is 17.7. The van der Waals surface area contributed by atoms with Gasteiger partial charge in [0.15, 0.2) is 5.82 Å². The van der Waals surface area contributed by atoms with Gasteiger partial charge in [0, 0.05) is 50.2 Å². The number of benzene rings is 1. The number of ether oxygens (including phenoxy) is 1. The highest BCUT2D eigenvalue weighted by Crippen LogP contribution is 2.22. The minimum Gasteiger partial charge on any atom is -0.378 e. The van der Waals surface area contributed by atoms with Crippen LogP contribution in [-0.4, -0.2) is 89.2 Å². The Labute approximate surface area is 193 Å². The molecule has 4 heterocycles. The molecule has 0 saturated carbocycles. The maximum Gasteiger partial charge on any atom is 0.248 e. The van der Waals surface area contributed by atoms with Crippen LogP contribution in [0.2, 0.25) is 0 Å². The summed E-state index contributed by atoms with van der Waals surface area (Å²) in [5, 5.41) is 7.76. The summed E-state index contributed by atoms with van der Waals surface area (Å²) in [7, 11) is 2.15. The molecule has 5 rings (SSSR count). The van der Waals surface area contributed by atoms with Gasteiger partial charge in [0.05, 0.1) is 13.2 Å². The molecule has 2 aliphatic heterocycles. The van der Waals surface area contributed by atoms with Crippen LogP contribution < -0.4 is 20.9 Å². The van der Waals surface area contributed by atoms with Gasteiger partial charge in [0.25, 0.3) is 0 Å². The average Bonchev–Trinajstić information content (AvgIpc) is 3.07. The molecule has 0 radical (unpaired) electrons. The Morgan fingerprint density at radius 3 is 2.52 bits per heavy atom. The van der Waals surface area contributed by atoms with Crippen LogP contribution in [0.15, 0.2) is 36.7 Å². The van der Waals surface area contributed by atoms with Gasteiger partial charge in [0.2, 0.25) is 11.9 Å². The molecule has 33 heavy (non-hydrogen) atoms. The van der Waals surface area contributed by atoms with Crippen molar-refractivity contribution >= 4 is 29.1 Å². The highest BCUT2D eigenvalue weighted by molar-refractivity contribution is 5.60. The minimum atomic E-state index is 0.266. The Bertz CT molecular complexity index is 1060. The molecule has 3 aromatic rings. The fourth-order valence-corrected chi connectivity index (χ4v) is 4.15. The van der Waals surface area contributed by atoms with Gasteiger partial charge in [-0.05, 0) is 44.3 Å². The van der Waals surface area contributed by atoms with Gasteiger partial charge in [-0.1, -0.05) is 0 Å². The van der Waals surface area contributed by atoms with E-state index in [9.17, 15) is 0 Å². The quantitative estimate of drug-likeness (QED) is 0.591. The molecule has 11 nitrogen and oxygen atoms in total. The first kappa shape index (κ1) is 21.4. The summed E-state index contributed by atoms with van der Waals surface area (Å²) in [5.74, 6) is 2.16. The van der Waals surface area contributed by atoms with E-state index in [4.69, 9.17) is 10.5 Å². The van der Waals surface area contributed by atoms with Gasteiger partial charge in [-0.25, -0.2) is 9.97 Å². The van der Waals surface area contributed by atoms with Crippen LogP contribution in [0.25, 0.3) is 5.82 Å². The zero-order chi connectivity index (χ0) is 22.6. The smallest absolute Gasteiger partial charge is 0.248 e. The number of nitrogens with two attached hydrogens (primary N) is 1. The van der Waals surface area contributed by atoms with Crippen molar-refractivity contribution in [2.75, 3.05) is 80.4 Å². The van der Waals surface area contributed by atoms with Crippen LogP contribution in [0.1, 0.15) is 6.42 Å². The van der Waals surface area contributed by atoms with E-state index < -0.39 is 0 Å². The third-order valence-corrected chi connectivity index (χ3v) is 6.03. The third-order valence-electron chi connectivity index (χ3n) is 6.03. The fourth-order valence-electron chi connectivity index (χ4n) is 4.15. The Morgan fingerprint density at radius 1 is 0.909 bits per heavy atom. The molecule has 2 aliphatic rings. The van der Waals surface area contributed by atoms with Crippen LogP contribution in [0, 0.1) is 0 Å². The molecule has 0 unspecified atom stereocenters. The molecule has 2 aromatic heterocycles. The van der Waals surface area contributed by atoms with E-state index in [1.165, 1.54) is 5.69 Å². The van der Waals surface area contributed by atoms with Crippen molar-refractivity contribution in [3.8, 4) is 5.82 Å². The number of anilines is 5. The number of nitrogens with one attached hydrogen (secondary N) is 1. The molecule has 0 bridgehead atoms. The van der Waals surface area contributed by atoms with E-state index >= 15 is 0 Å². The van der Waals surface area contributed by atoms with Crippen LogP contribution in [0.5, 0.6) is 0 Å². The number of rotatable bonds is 5. The molecule has 1 aromatic carbocycles. The Morgan fingerprint density at radius 2 is 1.70 bits per heavy atom. The SMILES string of the molecule is CN1CCCN(c2cc(-n3nc(Nc4ccc(N5CCOCC5)cc4)nc3N)ncn2)CC1. The van der Waals surface area contributed by atoms with Gasteiger partial charge in [-0.3, -0.25) is 0 Å². The summed E-state index contributed by atoms with van der Waals surface area (Å²) in [4.78, 5) is 20.1. The largest absolute Gasteiger partial charge is 0.378 e. The first-order valence-corrected chi connectivity index (χ1v) is 11.3. The van der Waals surface area contributed by atoms with Crippen molar-refractivity contribution in [3.05, 3.63) is 36.7 Å². The molecular weight excluding hydrogens is 420 g/mol. The highest BCUT2D eigenvalue weighted by atomic mass is 16.5. The molecule has 0 amide bonds. The number of aromatic nitrogens is 5. The standard InChI is InChI=1S/C22H30N10O/c1-29-7-2-8-31(10-9-29)19-15-20(25-16-24-19)32-21(23)27-22(28-32)26-17-3-5-18(6-4-17)30-11-13-33-14-12-30/h3-6,15-16H,2,7-14H2,1H3,(H3,23,26,27,28). The lowest BCUT2D eigenvalue weighted by Crippen LogP contribution is -2.36. The fraction of sp³-hybridized carbons (Fsp3) is 0.455. The maximum absolute atomic E-state index is 6.17. The molecule has 3 N–H and O–H groups in total. The van der Waals surface area contributed by atoms with Crippen LogP contribution >= 0.6 is 0 Å². The molecule has 2 fully saturated rings. The van der Waals surface area contributed by atoms with Crippen molar-refractivity contribution in [1.29, 1.82) is 0 Å². The van der Waals surface area contributed by atoms with Crippen molar-refractivity contribution in [3.63, 3.8) is 0 Å². The second-order valence-corrected chi connectivity index (χ2v) is 8.35. The number of likely N-dealkylation sites (N-methyl/N-ethyl adjacent to an activating group) is 1. The summed E-state index contributed by atoms with van der Waals surface area (Å²) in [6, 6.07) is 10.1. The summed E-state index contributed by atoms with van der Waals surface area (Å²) in [5.41, 5.74) is 8.24. The van der Waals surface area contributed by atoms with Crippen molar-refractivity contribution < 1.29 is 4.74 Å². The Balaban J connectivity index is 1.30. The lowest BCUT2D eigenvalue weighted by Gasteiger charge is -2.28. The number of hydrogen-bond acceptors (Lipinski definition) is 10. The van der Waals surface area contributed by atoms with E-state index in [0.29, 0.717) is 11.8 Å². The van der Waals surface area contributed by atoms with Crippen molar-refractivity contribution in [2.45, 2.75) is 6.42 Å². The van der Waals surface area contributed by atoms with Crippen molar-refractivity contribution in [2.24, 2.45) is 0 Å². The van der Waals surface area contributed by atoms with Gasteiger partial charge in [0.1, 0.15) is 12.1 Å². The van der Waals surface area contributed by atoms with E-state index in [1.54, 1.807) is 11.0 Å². The van der Waals surface area contributed by atoms with Crippen LogP contribution in [0.3, 0.4) is 0 Å². The lowest BCUT2D eigenvalue weighted by atomic mass is 10.2. The number of nitrogens with zero attached hydrogens (tertiary/aromatic N) is 8. The number of hydrogen-bond donors (Lipinski definition) is 2. The molecular formula is C22H30N10O. The first-order valence-electron chi connectivity index (χ1n) is 11.3. The molecule has 2 saturated heterocycles. The van der Waals surface area contributed by atoms with Gasteiger partial charge in [-0.2, -0.15) is 9.67 Å². The summed E-state index contributed by atoms with van der Waals surface area (Å²) < 4.78 is 6.97. The van der Waals surface area contributed by atoms with E-state index in [1.807, 2.05) is 18.2 Å². The average molecular weight is 451 g/mol. The highest BCUT2D eigenvalue weighted by Gasteiger charge is 2.17. The van der Waals surface area contributed by atoms with Crippen LogP contribution in [0.4, 0.5) is 29.1 Å². The second-order valence-electron chi connectivity index (χ2n) is 8.35. The zero-order valence-corrected chi connectivity index (χ0v) is 18.9. The monoisotopic (exact) mass is 450 g/mol. The Hall–Kier alpha value is -3.44. The summed E-state index contributed by atoms with van der Waals surface area (Å²) >= 11 is 0. The zero-order valence-electron chi connectivity index (χ0n) is 18.9. The summed E-state index contributed by atoms with van der Waals surface area (Å²) in [6.45, 7) is 7.32. The van der Waals surface area contributed by atoms with E-state index in [0.717, 1.165) is 70.4 Å². The predicted molar refractivity (Wildman–Crippen MR) is 128 cm³/mol. The van der Waals surface area contributed by atoms with Gasteiger partial charge >= 0.3 is 0 Å². The topological polar surface area (TPSA) is 113 Å². The number of morpholine rings is 1. The van der Waals surface area contributed by atoms with E-state index in [-0.39, 0.29) is 5.95 Å². The lowest BCUT2D eigenvalue weighted by molar-refractivity contribution is 0.122. The second kappa shape index (κ2) is 9.59. The first-order chi connectivity index (χ1) is 16.2. The summed E-state index contributed by atoms with van der Waals surface area (Å²) in [6.07, 6.45) is 2.65. The molecule has 0 aliphatic carbocycles. The molecule has 174 valence electrons. The number of nitrogen functional groups attached to an aromatic ring is 1. The third kappa shape index (κ3) is 4.99. The molecule has 0 spiro atoms. The van der Waals surface area contributed by atoms with Gasteiger partial charge < -0.3 is 30.5 Å². The van der Waals surface area contributed by atoms with E-state index in [2.05, 4.69) is 59.2 Å². The van der Waals surface area contributed by atoms with Crippen LogP contribution in [-0.2, 0) is 4.74 Å². The Kier molecular flexibility index (Phi) is 6.22. The molecule has 0 atom stereocenters. The predicted octanol–water partition coefficient (Wildman–Crippen LogP) is 1.36.